The molecule has 7 heteroatoms. The molecule has 3 aromatic rings. The third-order valence-electron chi connectivity index (χ3n) is 3.00. The van der Waals surface area contributed by atoms with E-state index >= 15 is 0 Å². The number of alkyl halides is 2. The van der Waals surface area contributed by atoms with Crippen molar-refractivity contribution in [2.45, 2.75) is 6.61 Å². The van der Waals surface area contributed by atoms with Gasteiger partial charge in [0.25, 0.3) is 0 Å². The number of hydrogen-bond donors (Lipinski definition) is 0. The van der Waals surface area contributed by atoms with Crippen molar-refractivity contribution >= 4 is 6.21 Å². The van der Waals surface area contributed by atoms with Crippen LogP contribution in [-0.2, 0) is 0 Å². The van der Waals surface area contributed by atoms with Gasteiger partial charge in [-0.1, -0.05) is 30.3 Å². The molecule has 1 heterocycles. The normalized spacial score (nSPS) is 11.3. The Labute approximate surface area is 130 Å². The third-order valence-corrected chi connectivity index (χ3v) is 3.00. The number of benzene rings is 2. The third kappa shape index (κ3) is 3.76. The van der Waals surface area contributed by atoms with Crippen LogP contribution in [0.25, 0.3) is 11.4 Å². The molecule has 0 aliphatic heterocycles. The van der Waals surface area contributed by atoms with Gasteiger partial charge in [0, 0.05) is 5.56 Å². The van der Waals surface area contributed by atoms with Crippen LogP contribution in [0, 0.1) is 0 Å². The fourth-order valence-electron chi connectivity index (χ4n) is 1.96. The molecule has 0 saturated carbocycles. The van der Waals surface area contributed by atoms with Gasteiger partial charge < -0.3 is 4.74 Å². The van der Waals surface area contributed by atoms with E-state index in [4.69, 9.17) is 0 Å². The molecule has 0 amide bonds. The van der Waals surface area contributed by atoms with Gasteiger partial charge in [-0.05, 0) is 29.8 Å². The van der Waals surface area contributed by atoms with Gasteiger partial charge in [0.05, 0.1) is 6.21 Å². The van der Waals surface area contributed by atoms with E-state index in [9.17, 15) is 8.78 Å². The largest absolute Gasteiger partial charge is 0.435 e. The van der Waals surface area contributed by atoms with E-state index in [0.29, 0.717) is 5.82 Å². The van der Waals surface area contributed by atoms with Gasteiger partial charge in [-0.2, -0.15) is 18.6 Å². The highest BCUT2D eigenvalue weighted by Gasteiger charge is 2.05. The monoisotopic (exact) mass is 314 g/mol. The Morgan fingerprint density at radius 2 is 1.78 bits per heavy atom. The first kappa shape index (κ1) is 14.8. The van der Waals surface area contributed by atoms with Crippen LogP contribution in [0.4, 0.5) is 8.78 Å². The zero-order valence-electron chi connectivity index (χ0n) is 11.9. The van der Waals surface area contributed by atoms with Crippen molar-refractivity contribution < 1.29 is 13.5 Å². The summed E-state index contributed by atoms with van der Waals surface area (Å²) in [4.78, 5) is 0. The zero-order valence-corrected chi connectivity index (χ0v) is 11.9. The Kier molecular flexibility index (Phi) is 4.37. The fraction of sp³-hybridized carbons (Fsp3) is 0.0625. The molecule has 0 unspecified atom stereocenters. The molecule has 3 rings (SSSR count). The van der Waals surface area contributed by atoms with E-state index in [1.165, 1.54) is 18.5 Å². The second-order valence-electron chi connectivity index (χ2n) is 4.56. The highest BCUT2D eigenvalue weighted by atomic mass is 19.3. The second kappa shape index (κ2) is 6.78. The number of aromatic nitrogens is 3. The summed E-state index contributed by atoms with van der Waals surface area (Å²) < 4.78 is 30.0. The topological polar surface area (TPSA) is 52.3 Å². The molecule has 0 N–H and O–H groups in total. The van der Waals surface area contributed by atoms with Crippen LogP contribution in [0.3, 0.4) is 0 Å². The van der Waals surface area contributed by atoms with Crippen LogP contribution in [0.15, 0.2) is 66.0 Å². The van der Waals surface area contributed by atoms with Crippen molar-refractivity contribution in [3.63, 3.8) is 0 Å². The number of nitrogens with zero attached hydrogens (tertiary/aromatic N) is 4. The molecule has 0 bridgehead atoms. The van der Waals surface area contributed by atoms with Gasteiger partial charge >= 0.3 is 6.61 Å². The molecule has 23 heavy (non-hydrogen) atoms. The molecule has 2 aromatic carbocycles. The number of ether oxygens (including phenoxy) is 1. The summed E-state index contributed by atoms with van der Waals surface area (Å²) in [7, 11) is 0. The maximum Gasteiger partial charge on any atom is 0.387 e. The lowest BCUT2D eigenvalue weighted by molar-refractivity contribution is -0.0498. The predicted molar refractivity (Wildman–Crippen MR) is 81.5 cm³/mol. The van der Waals surface area contributed by atoms with Crippen molar-refractivity contribution in [3.8, 4) is 17.1 Å². The van der Waals surface area contributed by atoms with Crippen molar-refractivity contribution in [2.24, 2.45) is 5.10 Å². The molecular formula is C16H12F2N4O. The maximum atomic E-state index is 12.1. The van der Waals surface area contributed by atoms with Crippen LogP contribution in [-0.4, -0.2) is 27.7 Å². The summed E-state index contributed by atoms with van der Waals surface area (Å²) in [5.74, 6) is 0.714. The van der Waals surface area contributed by atoms with E-state index in [1.807, 2.05) is 30.3 Å². The van der Waals surface area contributed by atoms with Crippen LogP contribution >= 0.6 is 0 Å². The van der Waals surface area contributed by atoms with E-state index in [1.54, 1.807) is 23.0 Å². The lowest BCUT2D eigenvalue weighted by Crippen LogP contribution is -2.01. The smallest absolute Gasteiger partial charge is 0.387 e. The average molecular weight is 314 g/mol. The number of hydrogen-bond acceptors (Lipinski definition) is 4. The average Bonchev–Trinajstić information content (AvgIpc) is 3.03. The fourth-order valence-corrected chi connectivity index (χ4v) is 1.96. The quantitative estimate of drug-likeness (QED) is 0.678. The van der Waals surface area contributed by atoms with Gasteiger partial charge in [-0.15, -0.1) is 10.2 Å². The minimum absolute atomic E-state index is 0.103. The van der Waals surface area contributed by atoms with Gasteiger partial charge in [0.1, 0.15) is 12.1 Å². The van der Waals surface area contributed by atoms with Crippen LogP contribution in [0.2, 0.25) is 0 Å². The van der Waals surface area contributed by atoms with Gasteiger partial charge in [0.2, 0.25) is 0 Å². The summed E-state index contributed by atoms with van der Waals surface area (Å²) in [6, 6.07) is 15.7. The van der Waals surface area contributed by atoms with Crippen LogP contribution in [0.5, 0.6) is 5.75 Å². The molecule has 0 spiro atoms. The number of halogens is 2. The number of rotatable bonds is 5. The first-order valence-corrected chi connectivity index (χ1v) is 6.77. The zero-order chi connectivity index (χ0) is 16.1. The van der Waals surface area contributed by atoms with Crippen molar-refractivity contribution in [2.75, 3.05) is 0 Å². The van der Waals surface area contributed by atoms with Crippen LogP contribution < -0.4 is 4.74 Å². The molecule has 0 radical (unpaired) electrons. The van der Waals surface area contributed by atoms with E-state index in [-0.39, 0.29) is 5.75 Å². The minimum atomic E-state index is -2.83. The first-order valence-electron chi connectivity index (χ1n) is 6.77. The standard InChI is InChI=1S/C16H12F2N4O/c17-16(18)23-14-8-6-12(7-9-14)10-20-22-11-19-21-15(22)13-4-2-1-3-5-13/h1-11,16H/b20-10-. The Morgan fingerprint density at radius 1 is 1.04 bits per heavy atom. The van der Waals surface area contributed by atoms with Crippen molar-refractivity contribution in [1.82, 2.24) is 14.9 Å². The molecular weight excluding hydrogens is 302 g/mol. The predicted octanol–water partition coefficient (Wildman–Crippen LogP) is 3.43. The molecule has 0 aliphatic rings. The first-order chi connectivity index (χ1) is 11.2. The summed E-state index contributed by atoms with van der Waals surface area (Å²) in [5.41, 5.74) is 1.63. The second-order valence-corrected chi connectivity index (χ2v) is 4.56. The van der Waals surface area contributed by atoms with Gasteiger partial charge in [-0.3, -0.25) is 0 Å². The highest BCUT2D eigenvalue weighted by Crippen LogP contribution is 2.16. The Hall–Kier alpha value is -3.09. The molecule has 0 saturated heterocycles. The van der Waals surface area contributed by atoms with E-state index < -0.39 is 6.61 Å². The lowest BCUT2D eigenvalue weighted by atomic mass is 10.2. The Morgan fingerprint density at radius 3 is 2.48 bits per heavy atom. The Balaban J connectivity index is 1.77. The molecule has 0 atom stereocenters. The SMILES string of the molecule is FC(F)Oc1ccc(/C=N\n2cnnc2-c2ccccc2)cc1. The van der Waals surface area contributed by atoms with E-state index in [0.717, 1.165) is 11.1 Å². The highest BCUT2D eigenvalue weighted by molar-refractivity contribution is 5.79. The minimum Gasteiger partial charge on any atom is -0.435 e. The van der Waals surface area contributed by atoms with E-state index in [2.05, 4.69) is 20.0 Å². The molecule has 1 aromatic heterocycles. The van der Waals surface area contributed by atoms with Crippen molar-refractivity contribution in [1.29, 1.82) is 0 Å². The van der Waals surface area contributed by atoms with Gasteiger partial charge in [0.15, 0.2) is 5.82 Å². The Bertz CT molecular complexity index is 785. The van der Waals surface area contributed by atoms with Crippen molar-refractivity contribution in [3.05, 3.63) is 66.5 Å². The summed E-state index contributed by atoms with van der Waals surface area (Å²) >= 11 is 0. The molecule has 0 fully saturated rings. The summed E-state index contributed by atoms with van der Waals surface area (Å²) in [6.07, 6.45) is 3.08. The molecule has 0 aliphatic carbocycles. The molecule has 5 nitrogen and oxygen atoms in total. The maximum absolute atomic E-state index is 12.1. The van der Waals surface area contributed by atoms with Crippen LogP contribution in [0.1, 0.15) is 5.56 Å². The molecule has 116 valence electrons. The summed E-state index contributed by atoms with van der Waals surface area (Å²) in [6.45, 7) is -2.83. The van der Waals surface area contributed by atoms with Gasteiger partial charge in [-0.25, -0.2) is 0 Å². The summed E-state index contributed by atoms with van der Waals surface area (Å²) in [5, 5.41) is 12.2. The lowest BCUT2D eigenvalue weighted by Gasteiger charge is -2.04.